The third-order valence-electron chi connectivity index (χ3n) is 2.58. The minimum absolute atomic E-state index is 0.282. The number of aryl methyl sites for hydroxylation is 1. The van der Waals surface area contributed by atoms with Crippen molar-refractivity contribution in [1.29, 1.82) is 0 Å². The molecular weight excluding hydrogens is 318 g/mol. The van der Waals surface area contributed by atoms with E-state index in [1.165, 1.54) is 4.88 Å². The second-order valence-corrected chi connectivity index (χ2v) is 6.87. The molecule has 1 N–H and O–H groups in total. The highest BCUT2D eigenvalue weighted by molar-refractivity contribution is 9.11. The standard InChI is InChI=1S/C13H13BrClNS/c1-8-3-4-10(7-11(8)15)16-9(2)12-5-6-13(14)17-12/h3-7,9,16H,1-2H3. The van der Waals surface area contributed by atoms with Crippen LogP contribution in [0.15, 0.2) is 34.1 Å². The highest BCUT2D eigenvalue weighted by atomic mass is 79.9. The molecule has 0 aliphatic carbocycles. The average Bonchev–Trinajstić information content (AvgIpc) is 2.70. The lowest BCUT2D eigenvalue weighted by molar-refractivity contribution is 0.908. The number of anilines is 1. The molecule has 0 saturated carbocycles. The summed E-state index contributed by atoms with van der Waals surface area (Å²) < 4.78 is 1.16. The molecule has 0 saturated heterocycles. The van der Waals surface area contributed by atoms with E-state index in [0.29, 0.717) is 0 Å². The first-order valence-corrected chi connectivity index (χ1v) is 7.33. The van der Waals surface area contributed by atoms with Crippen molar-refractivity contribution in [2.45, 2.75) is 19.9 Å². The van der Waals surface area contributed by atoms with Gasteiger partial charge >= 0.3 is 0 Å². The Bertz CT molecular complexity index is 524. The van der Waals surface area contributed by atoms with Crippen LogP contribution in [0, 0.1) is 6.92 Å². The van der Waals surface area contributed by atoms with Crippen LogP contribution in [0.25, 0.3) is 0 Å². The number of benzene rings is 1. The Hall–Kier alpha value is -0.510. The summed E-state index contributed by atoms with van der Waals surface area (Å²) in [7, 11) is 0. The maximum absolute atomic E-state index is 6.10. The van der Waals surface area contributed by atoms with Gasteiger partial charge in [-0.2, -0.15) is 0 Å². The third-order valence-corrected chi connectivity index (χ3v) is 4.79. The van der Waals surface area contributed by atoms with Crippen LogP contribution in [-0.2, 0) is 0 Å². The summed E-state index contributed by atoms with van der Waals surface area (Å²) in [5.41, 5.74) is 2.15. The van der Waals surface area contributed by atoms with Gasteiger partial charge < -0.3 is 5.32 Å². The molecule has 0 spiro atoms. The molecule has 1 unspecified atom stereocenters. The van der Waals surface area contributed by atoms with Crippen molar-refractivity contribution in [3.05, 3.63) is 49.6 Å². The van der Waals surface area contributed by atoms with Crippen LogP contribution in [0.3, 0.4) is 0 Å². The summed E-state index contributed by atoms with van der Waals surface area (Å²) in [6, 6.07) is 10.5. The summed E-state index contributed by atoms with van der Waals surface area (Å²) in [6.45, 7) is 4.15. The first-order valence-electron chi connectivity index (χ1n) is 5.34. The molecule has 2 rings (SSSR count). The Morgan fingerprint density at radius 3 is 2.65 bits per heavy atom. The van der Waals surface area contributed by atoms with Crippen LogP contribution in [0.5, 0.6) is 0 Å². The Morgan fingerprint density at radius 1 is 1.29 bits per heavy atom. The Labute approximate surface area is 119 Å². The molecular formula is C13H13BrClNS. The van der Waals surface area contributed by atoms with E-state index in [2.05, 4.69) is 46.4 Å². The predicted octanol–water partition coefficient (Wildman–Crippen LogP) is 5.65. The van der Waals surface area contributed by atoms with Crippen molar-refractivity contribution in [1.82, 2.24) is 0 Å². The van der Waals surface area contributed by atoms with Crippen molar-refractivity contribution >= 4 is 44.6 Å². The monoisotopic (exact) mass is 329 g/mol. The number of nitrogens with one attached hydrogen (secondary N) is 1. The fourth-order valence-electron chi connectivity index (χ4n) is 1.56. The van der Waals surface area contributed by atoms with Gasteiger partial charge in [0.25, 0.3) is 0 Å². The smallest absolute Gasteiger partial charge is 0.0702 e. The number of thiophene rings is 1. The number of hydrogen-bond acceptors (Lipinski definition) is 2. The van der Waals surface area contributed by atoms with Gasteiger partial charge in [0.1, 0.15) is 0 Å². The van der Waals surface area contributed by atoms with Gasteiger partial charge in [-0.15, -0.1) is 11.3 Å². The molecule has 1 atom stereocenters. The number of hydrogen-bond donors (Lipinski definition) is 1. The zero-order valence-corrected chi connectivity index (χ0v) is 12.8. The van der Waals surface area contributed by atoms with E-state index in [0.717, 1.165) is 20.1 Å². The van der Waals surface area contributed by atoms with Crippen LogP contribution in [0.4, 0.5) is 5.69 Å². The summed E-state index contributed by atoms with van der Waals surface area (Å²) in [6.07, 6.45) is 0. The molecule has 0 fully saturated rings. The van der Waals surface area contributed by atoms with E-state index >= 15 is 0 Å². The molecule has 0 aliphatic rings. The first kappa shape index (κ1) is 12.9. The van der Waals surface area contributed by atoms with Gasteiger partial charge in [0.15, 0.2) is 0 Å². The van der Waals surface area contributed by atoms with Gasteiger partial charge in [-0.05, 0) is 59.6 Å². The number of halogens is 2. The molecule has 0 radical (unpaired) electrons. The van der Waals surface area contributed by atoms with Crippen LogP contribution in [0.2, 0.25) is 5.02 Å². The van der Waals surface area contributed by atoms with Crippen molar-refractivity contribution in [2.75, 3.05) is 5.32 Å². The van der Waals surface area contributed by atoms with E-state index in [4.69, 9.17) is 11.6 Å². The van der Waals surface area contributed by atoms with Gasteiger partial charge in [0.05, 0.1) is 9.83 Å². The number of rotatable bonds is 3. The molecule has 4 heteroatoms. The maximum atomic E-state index is 6.10. The van der Waals surface area contributed by atoms with Crippen LogP contribution in [-0.4, -0.2) is 0 Å². The maximum Gasteiger partial charge on any atom is 0.0702 e. The van der Waals surface area contributed by atoms with E-state index < -0.39 is 0 Å². The highest BCUT2D eigenvalue weighted by Gasteiger charge is 2.08. The summed E-state index contributed by atoms with van der Waals surface area (Å²) >= 11 is 11.3. The molecule has 1 aromatic heterocycles. The molecule has 17 heavy (non-hydrogen) atoms. The minimum Gasteiger partial charge on any atom is -0.378 e. The lowest BCUT2D eigenvalue weighted by Crippen LogP contribution is -2.04. The highest BCUT2D eigenvalue weighted by Crippen LogP contribution is 2.30. The molecule has 0 aliphatic heterocycles. The Kier molecular flexibility index (Phi) is 4.13. The third kappa shape index (κ3) is 3.24. The van der Waals surface area contributed by atoms with Crippen LogP contribution >= 0.6 is 38.9 Å². The van der Waals surface area contributed by atoms with Gasteiger partial charge in [0.2, 0.25) is 0 Å². The molecule has 1 nitrogen and oxygen atoms in total. The molecule has 1 heterocycles. The Balaban J connectivity index is 2.12. The lowest BCUT2D eigenvalue weighted by atomic mass is 10.2. The second-order valence-electron chi connectivity index (χ2n) is 3.97. The quantitative estimate of drug-likeness (QED) is 0.767. The summed E-state index contributed by atoms with van der Waals surface area (Å²) in [5, 5.41) is 4.25. The van der Waals surface area contributed by atoms with Crippen LogP contribution < -0.4 is 5.32 Å². The van der Waals surface area contributed by atoms with E-state index in [1.54, 1.807) is 11.3 Å². The fraction of sp³-hybridized carbons (Fsp3) is 0.231. The summed E-state index contributed by atoms with van der Waals surface area (Å²) in [5.74, 6) is 0. The zero-order chi connectivity index (χ0) is 12.4. The molecule has 0 amide bonds. The van der Waals surface area contributed by atoms with Crippen molar-refractivity contribution < 1.29 is 0 Å². The topological polar surface area (TPSA) is 12.0 Å². The molecule has 1 aromatic carbocycles. The largest absolute Gasteiger partial charge is 0.378 e. The first-order chi connectivity index (χ1) is 8.06. The molecule has 2 aromatic rings. The van der Waals surface area contributed by atoms with Crippen molar-refractivity contribution in [3.8, 4) is 0 Å². The van der Waals surface area contributed by atoms with Gasteiger partial charge in [-0.25, -0.2) is 0 Å². The SMILES string of the molecule is Cc1ccc(NC(C)c2ccc(Br)s2)cc1Cl. The fourth-order valence-corrected chi connectivity index (χ4v) is 3.17. The van der Waals surface area contributed by atoms with Crippen molar-refractivity contribution in [3.63, 3.8) is 0 Å². The Morgan fingerprint density at radius 2 is 2.06 bits per heavy atom. The lowest BCUT2D eigenvalue weighted by Gasteiger charge is -2.14. The molecule has 0 bridgehead atoms. The van der Waals surface area contributed by atoms with Crippen LogP contribution in [0.1, 0.15) is 23.4 Å². The van der Waals surface area contributed by atoms with E-state index in [1.807, 2.05) is 19.1 Å². The van der Waals surface area contributed by atoms with Gasteiger partial charge in [-0.1, -0.05) is 17.7 Å². The average molecular weight is 331 g/mol. The second kappa shape index (κ2) is 5.42. The van der Waals surface area contributed by atoms with Gasteiger partial charge in [-0.3, -0.25) is 0 Å². The van der Waals surface area contributed by atoms with Crippen molar-refractivity contribution in [2.24, 2.45) is 0 Å². The molecule has 90 valence electrons. The zero-order valence-electron chi connectivity index (χ0n) is 9.63. The minimum atomic E-state index is 0.282. The predicted molar refractivity (Wildman–Crippen MR) is 80.2 cm³/mol. The summed E-state index contributed by atoms with van der Waals surface area (Å²) in [4.78, 5) is 1.30. The van der Waals surface area contributed by atoms with E-state index in [-0.39, 0.29) is 6.04 Å². The van der Waals surface area contributed by atoms with Gasteiger partial charge in [0, 0.05) is 15.6 Å². The van der Waals surface area contributed by atoms with E-state index in [9.17, 15) is 0 Å². The normalized spacial score (nSPS) is 12.5.